The van der Waals surface area contributed by atoms with E-state index in [2.05, 4.69) is 16.0 Å². The second-order valence-electron chi connectivity index (χ2n) is 8.29. The Balaban J connectivity index is 1.61. The predicted octanol–water partition coefficient (Wildman–Crippen LogP) is 3.81. The SMILES string of the molecule is CC(NC(=O)C(NC(=O)c1ccccc1F)C(C)C)c1ccc(NC(=O)C2CC2)cc1. The minimum absolute atomic E-state index is 0.0412. The number of anilines is 1. The van der Waals surface area contributed by atoms with Crippen LogP contribution in [-0.2, 0) is 9.59 Å². The van der Waals surface area contributed by atoms with E-state index < -0.39 is 17.8 Å². The Bertz CT molecular complexity index is 955. The minimum Gasteiger partial charge on any atom is -0.348 e. The van der Waals surface area contributed by atoms with Crippen molar-refractivity contribution in [3.05, 3.63) is 65.5 Å². The van der Waals surface area contributed by atoms with Crippen molar-refractivity contribution in [3.8, 4) is 0 Å². The van der Waals surface area contributed by atoms with Crippen LogP contribution in [0.1, 0.15) is 55.6 Å². The molecule has 1 aliphatic carbocycles. The summed E-state index contributed by atoms with van der Waals surface area (Å²) in [6.07, 6.45) is 1.88. The summed E-state index contributed by atoms with van der Waals surface area (Å²) >= 11 is 0. The number of carbonyl (C=O) groups is 3. The van der Waals surface area contributed by atoms with E-state index in [0.29, 0.717) is 0 Å². The molecule has 0 aliphatic heterocycles. The second-order valence-corrected chi connectivity index (χ2v) is 8.29. The van der Waals surface area contributed by atoms with Gasteiger partial charge in [-0.25, -0.2) is 4.39 Å². The zero-order valence-corrected chi connectivity index (χ0v) is 17.9. The van der Waals surface area contributed by atoms with Crippen molar-refractivity contribution in [2.24, 2.45) is 11.8 Å². The number of benzene rings is 2. The van der Waals surface area contributed by atoms with Crippen LogP contribution in [0.5, 0.6) is 0 Å². The van der Waals surface area contributed by atoms with Gasteiger partial charge in [-0.3, -0.25) is 14.4 Å². The summed E-state index contributed by atoms with van der Waals surface area (Å²) < 4.78 is 13.9. The van der Waals surface area contributed by atoms with Crippen LogP contribution in [-0.4, -0.2) is 23.8 Å². The highest BCUT2D eigenvalue weighted by molar-refractivity contribution is 5.98. The molecule has 1 fully saturated rings. The third-order valence-corrected chi connectivity index (χ3v) is 5.34. The summed E-state index contributed by atoms with van der Waals surface area (Å²) in [6, 6.07) is 11.8. The Morgan fingerprint density at radius 1 is 0.935 bits per heavy atom. The van der Waals surface area contributed by atoms with Crippen LogP contribution >= 0.6 is 0 Å². The van der Waals surface area contributed by atoms with E-state index in [1.165, 1.54) is 18.2 Å². The molecule has 1 aliphatic rings. The van der Waals surface area contributed by atoms with Gasteiger partial charge in [0.05, 0.1) is 11.6 Å². The van der Waals surface area contributed by atoms with Gasteiger partial charge in [-0.05, 0) is 55.5 Å². The van der Waals surface area contributed by atoms with E-state index >= 15 is 0 Å². The monoisotopic (exact) mass is 425 g/mol. The molecule has 1 saturated carbocycles. The van der Waals surface area contributed by atoms with Crippen molar-refractivity contribution < 1.29 is 18.8 Å². The molecule has 164 valence electrons. The van der Waals surface area contributed by atoms with Gasteiger partial charge in [0.2, 0.25) is 11.8 Å². The van der Waals surface area contributed by atoms with Gasteiger partial charge in [-0.1, -0.05) is 38.1 Å². The second kappa shape index (κ2) is 9.73. The lowest BCUT2D eigenvalue weighted by Crippen LogP contribution is -2.50. The van der Waals surface area contributed by atoms with E-state index in [-0.39, 0.29) is 35.3 Å². The van der Waals surface area contributed by atoms with Gasteiger partial charge in [-0.2, -0.15) is 0 Å². The van der Waals surface area contributed by atoms with Crippen molar-refractivity contribution in [1.82, 2.24) is 10.6 Å². The topological polar surface area (TPSA) is 87.3 Å². The van der Waals surface area contributed by atoms with Crippen molar-refractivity contribution in [1.29, 1.82) is 0 Å². The Kier molecular flexibility index (Phi) is 7.05. The highest BCUT2D eigenvalue weighted by Crippen LogP contribution is 2.30. The molecule has 0 aromatic heterocycles. The zero-order chi connectivity index (χ0) is 22.5. The molecule has 2 atom stereocenters. The fourth-order valence-corrected chi connectivity index (χ4v) is 3.23. The van der Waals surface area contributed by atoms with E-state index in [4.69, 9.17) is 0 Å². The van der Waals surface area contributed by atoms with Gasteiger partial charge in [0.25, 0.3) is 5.91 Å². The van der Waals surface area contributed by atoms with E-state index in [9.17, 15) is 18.8 Å². The molecule has 0 bridgehead atoms. The zero-order valence-electron chi connectivity index (χ0n) is 17.9. The number of rotatable bonds is 8. The maximum absolute atomic E-state index is 13.9. The largest absolute Gasteiger partial charge is 0.348 e. The first kappa shape index (κ1) is 22.5. The fraction of sp³-hybridized carbons (Fsp3) is 0.375. The van der Waals surface area contributed by atoms with Crippen molar-refractivity contribution in [2.75, 3.05) is 5.32 Å². The number of nitrogens with one attached hydrogen (secondary N) is 3. The lowest BCUT2D eigenvalue weighted by atomic mass is 10.0. The Hall–Kier alpha value is -3.22. The van der Waals surface area contributed by atoms with E-state index in [1.54, 1.807) is 18.2 Å². The standard InChI is InChI=1S/C24H28FN3O3/c1-14(2)21(28-23(30)19-6-4-5-7-20(19)25)24(31)26-15(3)16-10-12-18(13-11-16)27-22(29)17-8-9-17/h4-7,10-15,17,21H,8-9H2,1-3H3,(H,26,31)(H,27,29)(H,28,30). The lowest BCUT2D eigenvalue weighted by Gasteiger charge is -2.24. The van der Waals surface area contributed by atoms with Gasteiger partial charge < -0.3 is 16.0 Å². The first-order chi connectivity index (χ1) is 14.8. The van der Waals surface area contributed by atoms with Crippen LogP contribution in [0.3, 0.4) is 0 Å². The quantitative estimate of drug-likeness (QED) is 0.601. The number of hydrogen-bond donors (Lipinski definition) is 3. The summed E-state index contributed by atoms with van der Waals surface area (Å²) in [7, 11) is 0. The molecule has 2 unspecified atom stereocenters. The summed E-state index contributed by atoms with van der Waals surface area (Å²) in [5.74, 6) is -1.63. The molecule has 3 rings (SSSR count). The molecule has 3 N–H and O–H groups in total. The molecule has 0 heterocycles. The van der Waals surface area contributed by atoms with Crippen LogP contribution in [0.15, 0.2) is 48.5 Å². The highest BCUT2D eigenvalue weighted by Gasteiger charge is 2.30. The van der Waals surface area contributed by atoms with E-state index in [1.807, 2.05) is 32.9 Å². The van der Waals surface area contributed by atoms with Gasteiger partial charge in [-0.15, -0.1) is 0 Å². The van der Waals surface area contributed by atoms with Crippen molar-refractivity contribution in [2.45, 2.75) is 45.7 Å². The van der Waals surface area contributed by atoms with Crippen LogP contribution in [0.2, 0.25) is 0 Å². The fourth-order valence-electron chi connectivity index (χ4n) is 3.23. The average Bonchev–Trinajstić information content (AvgIpc) is 3.57. The molecule has 0 radical (unpaired) electrons. The van der Waals surface area contributed by atoms with Crippen LogP contribution in [0.25, 0.3) is 0 Å². The Morgan fingerprint density at radius 3 is 2.16 bits per heavy atom. The van der Waals surface area contributed by atoms with E-state index in [0.717, 1.165) is 24.1 Å². The summed E-state index contributed by atoms with van der Waals surface area (Å²) in [5, 5.41) is 8.42. The Labute approximate surface area is 181 Å². The number of carbonyl (C=O) groups excluding carboxylic acids is 3. The number of halogens is 1. The molecular formula is C24H28FN3O3. The van der Waals surface area contributed by atoms with Crippen molar-refractivity contribution in [3.63, 3.8) is 0 Å². The molecule has 0 spiro atoms. The minimum atomic E-state index is -0.813. The molecule has 3 amide bonds. The first-order valence-electron chi connectivity index (χ1n) is 10.5. The lowest BCUT2D eigenvalue weighted by molar-refractivity contribution is -0.124. The Morgan fingerprint density at radius 2 is 1.58 bits per heavy atom. The maximum atomic E-state index is 13.9. The van der Waals surface area contributed by atoms with Gasteiger partial charge in [0, 0.05) is 11.6 Å². The third-order valence-electron chi connectivity index (χ3n) is 5.34. The third kappa shape index (κ3) is 5.90. The van der Waals surface area contributed by atoms with Crippen LogP contribution in [0, 0.1) is 17.7 Å². The van der Waals surface area contributed by atoms with Gasteiger partial charge >= 0.3 is 0 Å². The van der Waals surface area contributed by atoms with Gasteiger partial charge in [0.1, 0.15) is 11.9 Å². The summed E-state index contributed by atoms with van der Waals surface area (Å²) in [5.41, 5.74) is 1.48. The summed E-state index contributed by atoms with van der Waals surface area (Å²) in [6.45, 7) is 5.47. The average molecular weight is 426 g/mol. The number of amides is 3. The molecule has 7 heteroatoms. The molecule has 6 nitrogen and oxygen atoms in total. The highest BCUT2D eigenvalue weighted by atomic mass is 19.1. The molecule has 0 saturated heterocycles. The molecule has 31 heavy (non-hydrogen) atoms. The van der Waals surface area contributed by atoms with Crippen molar-refractivity contribution >= 4 is 23.4 Å². The predicted molar refractivity (Wildman–Crippen MR) is 117 cm³/mol. The smallest absolute Gasteiger partial charge is 0.254 e. The molecule has 2 aromatic carbocycles. The normalized spacial score (nSPS) is 15.1. The van der Waals surface area contributed by atoms with Gasteiger partial charge in [0.15, 0.2) is 0 Å². The van der Waals surface area contributed by atoms with Crippen LogP contribution < -0.4 is 16.0 Å². The molecule has 2 aromatic rings. The first-order valence-corrected chi connectivity index (χ1v) is 10.5. The van der Waals surface area contributed by atoms with Crippen LogP contribution in [0.4, 0.5) is 10.1 Å². The molecular weight excluding hydrogens is 397 g/mol. The maximum Gasteiger partial charge on any atom is 0.254 e. The number of hydrogen-bond acceptors (Lipinski definition) is 3. The summed E-state index contributed by atoms with van der Waals surface area (Å²) in [4.78, 5) is 37.2.